The molecule has 27 heavy (non-hydrogen) atoms. The van der Waals surface area contributed by atoms with E-state index in [0.717, 1.165) is 18.2 Å². The van der Waals surface area contributed by atoms with Crippen molar-refractivity contribution in [1.29, 1.82) is 0 Å². The van der Waals surface area contributed by atoms with Gasteiger partial charge in [0.2, 0.25) is 0 Å². The molecular formula is C15H19Cl2F7N2O. The molecule has 12 heteroatoms. The van der Waals surface area contributed by atoms with Gasteiger partial charge < -0.3 is 10.1 Å². The number of halogens is 9. The zero-order valence-electron chi connectivity index (χ0n) is 13.9. The predicted octanol–water partition coefficient (Wildman–Crippen LogP) is 4.86. The molecule has 1 aromatic carbocycles. The molecule has 0 spiro atoms. The highest BCUT2D eigenvalue weighted by molar-refractivity contribution is 5.85. The van der Waals surface area contributed by atoms with E-state index in [1.807, 2.05) is 0 Å². The van der Waals surface area contributed by atoms with Crippen molar-refractivity contribution in [1.82, 2.24) is 10.2 Å². The van der Waals surface area contributed by atoms with Crippen LogP contribution in [0.3, 0.4) is 0 Å². The summed E-state index contributed by atoms with van der Waals surface area (Å²) in [5.41, 5.74) is -0.229. The first-order chi connectivity index (χ1) is 11.6. The van der Waals surface area contributed by atoms with Gasteiger partial charge >= 0.3 is 12.5 Å². The molecule has 1 fully saturated rings. The Morgan fingerprint density at radius 2 is 1.63 bits per heavy atom. The molecule has 0 saturated carbocycles. The lowest BCUT2D eigenvalue weighted by Gasteiger charge is -2.35. The summed E-state index contributed by atoms with van der Waals surface area (Å²) in [6, 6.07) is 1.41. The molecule has 2 rings (SSSR count). The number of alkyl halides is 6. The quantitative estimate of drug-likeness (QED) is 0.653. The van der Waals surface area contributed by atoms with Gasteiger partial charge in [-0.3, -0.25) is 4.90 Å². The molecule has 1 N–H and O–H groups in total. The van der Waals surface area contributed by atoms with Gasteiger partial charge in [0.1, 0.15) is 11.6 Å². The van der Waals surface area contributed by atoms with Crippen LogP contribution in [-0.4, -0.2) is 43.6 Å². The Kier molecular flexibility index (Phi) is 10.2. The third-order valence-corrected chi connectivity index (χ3v) is 3.85. The third kappa shape index (κ3) is 8.71. The Hall–Kier alpha value is -0.970. The lowest BCUT2D eigenvalue weighted by atomic mass is 9.98. The second-order valence-corrected chi connectivity index (χ2v) is 5.69. The highest BCUT2D eigenvalue weighted by atomic mass is 35.5. The summed E-state index contributed by atoms with van der Waals surface area (Å²) in [5, 5.41) is 3.02. The van der Waals surface area contributed by atoms with E-state index in [1.165, 1.54) is 0 Å². The van der Waals surface area contributed by atoms with Crippen molar-refractivity contribution in [2.45, 2.75) is 31.4 Å². The number of piperazine rings is 1. The fraction of sp³-hybridized carbons (Fsp3) is 0.600. The van der Waals surface area contributed by atoms with Gasteiger partial charge in [-0.2, -0.15) is 13.2 Å². The second-order valence-electron chi connectivity index (χ2n) is 5.69. The Morgan fingerprint density at radius 1 is 1.04 bits per heavy atom. The fourth-order valence-electron chi connectivity index (χ4n) is 2.80. The Labute approximate surface area is 164 Å². The van der Waals surface area contributed by atoms with Gasteiger partial charge in [0.05, 0.1) is 0 Å². The van der Waals surface area contributed by atoms with Gasteiger partial charge in [-0.1, -0.05) is 0 Å². The largest absolute Gasteiger partial charge is 0.573 e. The van der Waals surface area contributed by atoms with E-state index in [9.17, 15) is 30.7 Å². The number of benzene rings is 1. The summed E-state index contributed by atoms with van der Waals surface area (Å²) >= 11 is 0. The molecule has 0 aromatic heterocycles. The summed E-state index contributed by atoms with van der Waals surface area (Å²) in [6.07, 6.45) is -11.0. The molecule has 0 radical (unpaired) electrons. The van der Waals surface area contributed by atoms with E-state index in [1.54, 1.807) is 4.90 Å². The minimum absolute atomic E-state index is 0. The molecule has 1 saturated heterocycles. The minimum atomic E-state index is -4.97. The summed E-state index contributed by atoms with van der Waals surface area (Å²) in [7, 11) is 0. The lowest BCUT2D eigenvalue weighted by Crippen LogP contribution is -2.45. The molecule has 0 bridgehead atoms. The molecule has 1 aliphatic rings. The van der Waals surface area contributed by atoms with E-state index in [0.29, 0.717) is 26.2 Å². The van der Waals surface area contributed by atoms with Crippen LogP contribution in [0.25, 0.3) is 0 Å². The zero-order valence-corrected chi connectivity index (χ0v) is 15.5. The van der Waals surface area contributed by atoms with Gasteiger partial charge in [-0.15, -0.1) is 38.0 Å². The highest BCUT2D eigenvalue weighted by Gasteiger charge is 2.34. The topological polar surface area (TPSA) is 24.5 Å². The molecule has 1 heterocycles. The van der Waals surface area contributed by atoms with Crippen LogP contribution >= 0.6 is 24.8 Å². The average Bonchev–Trinajstić information content (AvgIpc) is 2.49. The SMILES string of the molecule is Cl.Cl.Fc1ccc(OC(F)(F)F)cc1[C@@H](CCC(F)(F)F)N1CCNCC1. The number of nitrogens with one attached hydrogen (secondary N) is 1. The molecule has 1 aromatic rings. The van der Waals surface area contributed by atoms with E-state index in [-0.39, 0.29) is 30.4 Å². The summed E-state index contributed by atoms with van der Waals surface area (Å²) in [4.78, 5) is 1.64. The molecular weight excluding hydrogens is 428 g/mol. The van der Waals surface area contributed by atoms with Crippen LogP contribution in [0.15, 0.2) is 18.2 Å². The summed E-state index contributed by atoms with van der Waals surface area (Å²) in [5.74, 6) is -1.52. The van der Waals surface area contributed by atoms with Gasteiger partial charge in [-0.25, -0.2) is 4.39 Å². The minimum Gasteiger partial charge on any atom is -0.406 e. The summed E-state index contributed by atoms with van der Waals surface area (Å²) < 4.78 is 92.8. The Balaban J connectivity index is 0.00000338. The maximum atomic E-state index is 14.2. The molecule has 0 amide bonds. The molecule has 0 aliphatic carbocycles. The average molecular weight is 447 g/mol. The predicted molar refractivity (Wildman–Crippen MR) is 90.1 cm³/mol. The second kappa shape index (κ2) is 10.5. The third-order valence-electron chi connectivity index (χ3n) is 3.85. The Bertz CT molecular complexity index is 578. The number of rotatable bonds is 5. The van der Waals surface area contributed by atoms with Crippen molar-refractivity contribution >= 4 is 24.8 Å². The van der Waals surface area contributed by atoms with E-state index in [4.69, 9.17) is 0 Å². The standard InChI is InChI=1S/C15H17F7N2O.2ClH/c16-12-2-1-10(25-15(20,21)22)9-11(12)13(3-4-14(17,18)19)24-7-5-23-6-8-24;;/h1-2,9,13,23H,3-8H2;2*1H/t13-;;/m1../s1. The number of nitrogens with zero attached hydrogens (tertiary/aromatic N) is 1. The summed E-state index contributed by atoms with van der Waals surface area (Å²) in [6.45, 7) is 1.74. The Morgan fingerprint density at radius 3 is 2.15 bits per heavy atom. The van der Waals surface area contributed by atoms with Crippen LogP contribution in [0, 0.1) is 5.82 Å². The van der Waals surface area contributed by atoms with Gasteiger partial charge in [0.25, 0.3) is 0 Å². The molecule has 0 unspecified atom stereocenters. The van der Waals surface area contributed by atoms with Crippen LogP contribution in [-0.2, 0) is 0 Å². The monoisotopic (exact) mass is 446 g/mol. The van der Waals surface area contributed by atoms with Crippen LogP contribution in [0.1, 0.15) is 24.4 Å². The maximum absolute atomic E-state index is 14.2. The van der Waals surface area contributed by atoms with E-state index >= 15 is 0 Å². The smallest absolute Gasteiger partial charge is 0.406 e. The van der Waals surface area contributed by atoms with E-state index in [2.05, 4.69) is 10.1 Å². The van der Waals surface area contributed by atoms with Gasteiger partial charge in [0, 0.05) is 44.2 Å². The van der Waals surface area contributed by atoms with Crippen molar-refractivity contribution in [3.05, 3.63) is 29.6 Å². The van der Waals surface area contributed by atoms with Crippen molar-refractivity contribution in [2.75, 3.05) is 26.2 Å². The fourth-order valence-corrected chi connectivity index (χ4v) is 2.80. The first kappa shape index (κ1) is 26.0. The van der Waals surface area contributed by atoms with Crippen LogP contribution in [0.2, 0.25) is 0 Å². The number of hydrogen-bond acceptors (Lipinski definition) is 3. The number of hydrogen-bond donors (Lipinski definition) is 1. The van der Waals surface area contributed by atoms with Crippen LogP contribution in [0.5, 0.6) is 5.75 Å². The highest BCUT2D eigenvalue weighted by Crippen LogP contribution is 2.35. The van der Waals surface area contributed by atoms with E-state index < -0.39 is 43.0 Å². The molecule has 3 nitrogen and oxygen atoms in total. The molecule has 158 valence electrons. The molecule has 1 aliphatic heterocycles. The normalized spacial score (nSPS) is 16.9. The number of ether oxygens (including phenoxy) is 1. The first-order valence-corrected chi connectivity index (χ1v) is 7.62. The first-order valence-electron chi connectivity index (χ1n) is 7.62. The van der Waals surface area contributed by atoms with Crippen molar-refractivity contribution < 1.29 is 35.5 Å². The van der Waals surface area contributed by atoms with Crippen molar-refractivity contribution in [3.63, 3.8) is 0 Å². The van der Waals surface area contributed by atoms with Gasteiger partial charge in [0.15, 0.2) is 0 Å². The zero-order chi connectivity index (χ0) is 18.7. The van der Waals surface area contributed by atoms with Crippen molar-refractivity contribution in [3.8, 4) is 5.75 Å². The maximum Gasteiger partial charge on any atom is 0.573 e. The van der Waals surface area contributed by atoms with Crippen LogP contribution < -0.4 is 10.1 Å². The van der Waals surface area contributed by atoms with Crippen molar-refractivity contribution in [2.24, 2.45) is 0 Å². The lowest BCUT2D eigenvalue weighted by molar-refractivity contribution is -0.274. The van der Waals surface area contributed by atoms with Crippen LogP contribution in [0.4, 0.5) is 30.7 Å². The van der Waals surface area contributed by atoms with Gasteiger partial charge in [-0.05, 0) is 24.6 Å². The molecule has 1 atom stereocenters.